The van der Waals surface area contributed by atoms with Gasteiger partial charge >= 0.3 is 0 Å². The zero-order chi connectivity index (χ0) is 19.6. The van der Waals surface area contributed by atoms with Crippen LogP contribution in [-0.4, -0.2) is 17.0 Å². The van der Waals surface area contributed by atoms with Crippen molar-refractivity contribution in [3.05, 3.63) is 76.4 Å². The first-order valence-corrected chi connectivity index (χ1v) is 9.02. The third kappa shape index (κ3) is 3.88. The van der Waals surface area contributed by atoms with Crippen LogP contribution in [0.3, 0.4) is 0 Å². The van der Waals surface area contributed by atoms with Gasteiger partial charge < -0.3 is 9.88 Å². The minimum absolute atomic E-state index is 0.174. The van der Waals surface area contributed by atoms with Crippen LogP contribution in [0.1, 0.15) is 29.4 Å². The number of hydrogen-bond donors (Lipinski definition) is 1. The van der Waals surface area contributed by atoms with E-state index in [2.05, 4.69) is 5.32 Å². The SMILES string of the molecule is CCCNC(=O)c1cc(-c2ccc(Cl)cc2)n(-c2ccc(F)cc2F)c1C. The van der Waals surface area contributed by atoms with Gasteiger partial charge in [0.15, 0.2) is 0 Å². The molecule has 0 aliphatic rings. The van der Waals surface area contributed by atoms with Crippen molar-refractivity contribution in [1.82, 2.24) is 9.88 Å². The van der Waals surface area contributed by atoms with Crippen LogP contribution in [0, 0.1) is 18.6 Å². The lowest BCUT2D eigenvalue weighted by atomic mass is 10.1. The summed E-state index contributed by atoms with van der Waals surface area (Å²) in [4.78, 5) is 12.5. The van der Waals surface area contributed by atoms with Crippen molar-refractivity contribution in [2.75, 3.05) is 6.54 Å². The Morgan fingerprint density at radius 2 is 1.81 bits per heavy atom. The van der Waals surface area contributed by atoms with E-state index in [0.29, 0.717) is 28.5 Å². The first-order chi connectivity index (χ1) is 12.9. The van der Waals surface area contributed by atoms with Crippen molar-refractivity contribution in [2.45, 2.75) is 20.3 Å². The van der Waals surface area contributed by atoms with Crippen LogP contribution in [-0.2, 0) is 0 Å². The minimum Gasteiger partial charge on any atom is -0.352 e. The van der Waals surface area contributed by atoms with Crippen LogP contribution in [0.4, 0.5) is 8.78 Å². The van der Waals surface area contributed by atoms with Gasteiger partial charge in [0.2, 0.25) is 0 Å². The number of benzene rings is 2. The highest BCUT2D eigenvalue weighted by Gasteiger charge is 2.21. The summed E-state index contributed by atoms with van der Waals surface area (Å²) in [6.45, 7) is 4.25. The number of amides is 1. The molecule has 1 heterocycles. The Bertz CT molecular complexity index is 981. The van der Waals surface area contributed by atoms with E-state index in [1.807, 2.05) is 6.92 Å². The average molecular weight is 389 g/mol. The number of rotatable bonds is 5. The summed E-state index contributed by atoms with van der Waals surface area (Å²) in [5, 5.41) is 3.41. The summed E-state index contributed by atoms with van der Waals surface area (Å²) < 4.78 is 29.5. The van der Waals surface area contributed by atoms with E-state index in [1.165, 1.54) is 12.1 Å². The van der Waals surface area contributed by atoms with Crippen LogP contribution >= 0.6 is 11.6 Å². The molecule has 0 aliphatic heterocycles. The fourth-order valence-corrected chi connectivity index (χ4v) is 3.10. The number of carbonyl (C=O) groups excluding carboxylic acids is 1. The molecule has 0 atom stereocenters. The number of aromatic nitrogens is 1. The van der Waals surface area contributed by atoms with Gasteiger partial charge in [0.25, 0.3) is 5.91 Å². The molecule has 27 heavy (non-hydrogen) atoms. The fourth-order valence-electron chi connectivity index (χ4n) is 2.98. The van der Waals surface area contributed by atoms with Crippen LogP contribution in [0.15, 0.2) is 48.5 Å². The van der Waals surface area contributed by atoms with Crippen molar-refractivity contribution in [3.63, 3.8) is 0 Å². The first-order valence-electron chi connectivity index (χ1n) is 8.64. The summed E-state index contributed by atoms with van der Waals surface area (Å²) in [7, 11) is 0. The third-order valence-electron chi connectivity index (χ3n) is 4.32. The quantitative estimate of drug-likeness (QED) is 0.613. The highest BCUT2D eigenvalue weighted by molar-refractivity contribution is 6.30. The minimum atomic E-state index is -0.704. The fraction of sp³-hybridized carbons (Fsp3) is 0.190. The van der Waals surface area contributed by atoms with Gasteiger partial charge in [-0.3, -0.25) is 4.79 Å². The molecule has 0 aliphatic carbocycles. The van der Waals surface area contributed by atoms with Gasteiger partial charge in [-0.25, -0.2) is 8.78 Å². The topological polar surface area (TPSA) is 34.0 Å². The molecule has 3 rings (SSSR count). The standard InChI is InChI=1S/C21H19ClF2N2O/c1-3-10-25-21(27)17-12-20(14-4-6-15(22)7-5-14)26(13(17)2)19-9-8-16(23)11-18(19)24/h4-9,11-12H,3,10H2,1-2H3,(H,25,27). The molecule has 2 aromatic carbocycles. The smallest absolute Gasteiger partial charge is 0.253 e. The lowest BCUT2D eigenvalue weighted by molar-refractivity contribution is 0.0953. The molecule has 140 valence electrons. The predicted octanol–water partition coefficient (Wildman–Crippen LogP) is 5.52. The second kappa shape index (κ2) is 7.92. The highest BCUT2D eigenvalue weighted by atomic mass is 35.5. The first kappa shape index (κ1) is 19.1. The summed E-state index contributed by atoms with van der Waals surface area (Å²) in [5.74, 6) is -1.59. The molecule has 3 aromatic rings. The number of halogens is 3. The van der Waals surface area contributed by atoms with E-state index < -0.39 is 11.6 Å². The molecular weight excluding hydrogens is 370 g/mol. The number of nitrogens with one attached hydrogen (secondary N) is 1. The summed E-state index contributed by atoms with van der Waals surface area (Å²) in [6.07, 6.45) is 0.808. The van der Waals surface area contributed by atoms with Gasteiger partial charge in [-0.15, -0.1) is 0 Å². The predicted molar refractivity (Wildman–Crippen MR) is 103 cm³/mol. The third-order valence-corrected chi connectivity index (χ3v) is 4.57. The van der Waals surface area contributed by atoms with Gasteiger partial charge in [0, 0.05) is 23.3 Å². The molecule has 0 saturated heterocycles. The Balaban J connectivity index is 2.21. The van der Waals surface area contributed by atoms with E-state index in [4.69, 9.17) is 11.6 Å². The lowest BCUT2D eigenvalue weighted by Crippen LogP contribution is -2.24. The largest absolute Gasteiger partial charge is 0.352 e. The Morgan fingerprint density at radius 3 is 2.44 bits per heavy atom. The van der Waals surface area contributed by atoms with Crippen molar-refractivity contribution >= 4 is 17.5 Å². The molecule has 1 amide bonds. The molecule has 0 saturated carbocycles. The van der Waals surface area contributed by atoms with E-state index in [-0.39, 0.29) is 11.6 Å². The molecule has 0 bridgehead atoms. The Kier molecular flexibility index (Phi) is 5.61. The average Bonchev–Trinajstić information content (AvgIpc) is 2.98. The van der Waals surface area contributed by atoms with E-state index in [1.54, 1.807) is 41.8 Å². The summed E-state index contributed by atoms with van der Waals surface area (Å²) in [5.41, 5.74) is 2.57. The van der Waals surface area contributed by atoms with Gasteiger partial charge in [-0.2, -0.15) is 0 Å². The van der Waals surface area contributed by atoms with Gasteiger partial charge in [0.05, 0.1) is 16.9 Å². The molecule has 6 heteroatoms. The maximum absolute atomic E-state index is 14.5. The molecule has 1 aromatic heterocycles. The molecule has 0 radical (unpaired) electrons. The molecule has 0 spiro atoms. The Labute approximate surface area is 161 Å². The van der Waals surface area contributed by atoms with Crippen molar-refractivity contribution in [3.8, 4) is 16.9 Å². The summed E-state index contributed by atoms with van der Waals surface area (Å²) in [6, 6.07) is 12.1. The summed E-state index contributed by atoms with van der Waals surface area (Å²) >= 11 is 5.97. The highest BCUT2D eigenvalue weighted by Crippen LogP contribution is 2.31. The Morgan fingerprint density at radius 1 is 1.11 bits per heavy atom. The van der Waals surface area contributed by atoms with E-state index in [9.17, 15) is 13.6 Å². The van der Waals surface area contributed by atoms with E-state index >= 15 is 0 Å². The number of nitrogens with zero attached hydrogens (tertiary/aromatic N) is 1. The second-order valence-corrected chi connectivity index (χ2v) is 6.66. The second-order valence-electron chi connectivity index (χ2n) is 6.22. The molecule has 3 nitrogen and oxygen atoms in total. The van der Waals surface area contributed by atoms with Crippen LogP contribution in [0.5, 0.6) is 0 Å². The zero-order valence-electron chi connectivity index (χ0n) is 15.0. The normalized spacial score (nSPS) is 10.9. The van der Waals surface area contributed by atoms with Gasteiger partial charge in [0.1, 0.15) is 11.6 Å². The lowest BCUT2D eigenvalue weighted by Gasteiger charge is -2.13. The Hall–Kier alpha value is -2.66. The maximum atomic E-state index is 14.5. The van der Waals surface area contributed by atoms with Crippen LogP contribution in [0.2, 0.25) is 5.02 Å². The maximum Gasteiger partial charge on any atom is 0.253 e. The molecular formula is C21H19ClF2N2O. The van der Waals surface area contributed by atoms with Crippen LogP contribution < -0.4 is 5.32 Å². The van der Waals surface area contributed by atoms with Gasteiger partial charge in [-0.1, -0.05) is 30.7 Å². The monoisotopic (exact) mass is 388 g/mol. The van der Waals surface area contributed by atoms with Crippen LogP contribution in [0.25, 0.3) is 16.9 Å². The molecule has 0 unspecified atom stereocenters. The number of hydrogen-bond acceptors (Lipinski definition) is 1. The van der Waals surface area contributed by atoms with Crippen molar-refractivity contribution < 1.29 is 13.6 Å². The zero-order valence-corrected chi connectivity index (χ0v) is 15.8. The van der Waals surface area contributed by atoms with Crippen molar-refractivity contribution in [1.29, 1.82) is 0 Å². The molecule has 0 fully saturated rings. The number of carbonyl (C=O) groups is 1. The van der Waals surface area contributed by atoms with E-state index in [0.717, 1.165) is 18.1 Å². The van der Waals surface area contributed by atoms with Gasteiger partial charge in [-0.05, 0) is 49.2 Å². The molecule has 1 N–H and O–H groups in total. The van der Waals surface area contributed by atoms with Crippen molar-refractivity contribution in [2.24, 2.45) is 0 Å².